The summed E-state index contributed by atoms with van der Waals surface area (Å²) in [6, 6.07) is 3.68. The van der Waals surface area contributed by atoms with Crippen molar-refractivity contribution in [2.75, 3.05) is 80.7 Å². The van der Waals surface area contributed by atoms with Crippen LogP contribution in [0.4, 0.5) is 38.0 Å². The molecule has 39 nitrogen and oxygen atoms in total. The average Bonchev–Trinajstić information content (AvgIpc) is 1.62. The second kappa shape index (κ2) is 56.0. The molecule has 0 atom stereocenters. The standard InChI is InChI=1S/C17H24N2O4.C16H24N2O4.C16H23NO4.C11H12N2O2.C10H12N2O4.C10H14N2O2.C8H15BO2.C8H9ClN2O4.CH2Cl2/c1-8-10-19(16(21)23-17(3,4)5)13-11-18(6)14(12(13)9-2)15(20)22-7;1-6-21-14(19)13-11-8-7-9-18(12(11)10-17(13)5)15(20)22-16(2,3)4;1-7-12-11(9-13(18)21-16(3,4)5)10-17(6)14(12)15(19)20-8-2;1-3-15-11(14)10-8-5-4-6-12-9(8)7-13(10)2;1-4-7-8(12(14)15)6-11(3)9(7)10(13)16-5-2;1-4-7-8(11)6-12(3)9(7)10(13)14-5-2;1-6-9-10-7(2,3)8(4,5)11-9;1-3-15-8(12)7-6(9)5(11(13)14)4-10(7)2;2-1-3/h8-9,11H,1-2,10H2,3-7H3;10H,6-9H2,1-5H3;7,10H,1,8-9H2,2-6H3;4-7H,3H2,1-2H3;4,6H,1,5H2,2-3H3;4,6H,1,5,11H2,2-3H3;6H,1H2,2-5H3;4H,3H2,1-2H3;1H2. The normalized spacial score (nSPS) is 12.3. The van der Waals surface area contributed by atoms with Crippen LogP contribution in [0.3, 0.4) is 0 Å². The molecule has 2 N–H and O–H groups in total. The van der Waals surface area contributed by atoms with Crippen molar-refractivity contribution in [1.29, 1.82) is 0 Å². The number of nitrogens with two attached hydrogens (primary N) is 1. The molecule has 10 rings (SSSR count). The number of hydrogen-bond acceptors (Lipinski definition) is 28. The van der Waals surface area contributed by atoms with E-state index in [9.17, 15) is 68.2 Å². The van der Waals surface area contributed by atoms with Gasteiger partial charge in [-0.2, -0.15) is 0 Å². The molecule has 8 aromatic heterocycles. The van der Waals surface area contributed by atoms with Gasteiger partial charge in [0.05, 0.1) is 120 Å². The van der Waals surface area contributed by atoms with E-state index in [2.05, 4.69) is 44.5 Å². The van der Waals surface area contributed by atoms with Crippen LogP contribution in [0.5, 0.6) is 0 Å². The summed E-state index contributed by atoms with van der Waals surface area (Å²) in [5.41, 5.74) is 11.5. The lowest BCUT2D eigenvalue weighted by molar-refractivity contribution is -0.385. The molecule has 43 heteroatoms. The molecular formula is C97H135BCl3N13O26. The molecule has 1 saturated heterocycles. The number of fused-ring (bicyclic) bond motifs is 2. The van der Waals surface area contributed by atoms with Gasteiger partial charge < -0.3 is 94.4 Å². The number of pyridine rings is 1. The van der Waals surface area contributed by atoms with Crippen molar-refractivity contribution in [3.8, 4) is 0 Å². The number of hydrogen-bond donors (Lipinski definition) is 1. The highest BCUT2D eigenvalue weighted by Crippen LogP contribution is 2.39. The Labute approximate surface area is 833 Å². The van der Waals surface area contributed by atoms with Gasteiger partial charge in [0.25, 0.3) is 5.69 Å². The molecule has 140 heavy (non-hydrogen) atoms. The van der Waals surface area contributed by atoms with Crippen molar-refractivity contribution < 1.29 is 114 Å². The van der Waals surface area contributed by atoms with Gasteiger partial charge in [0.1, 0.15) is 51.0 Å². The zero-order chi connectivity index (χ0) is 107. The molecule has 0 aromatic carbocycles. The number of methoxy groups -OCH3 is 1. The Morgan fingerprint density at radius 2 is 0.921 bits per heavy atom. The first-order valence-corrected chi connectivity index (χ1v) is 45.5. The minimum atomic E-state index is -0.668. The zero-order valence-electron chi connectivity index (χ0n) is 85.2. The smallest absolute Gasteiger partial charge is 0.464 e. The number of alkyl halides is 2. The quantitative estimate of drug-likeness (QED) is 0.0106. The average molecular weight is 2020 g/mol. The van der Waals surface area contributed by atoms with Crippen molar-refractivity contribution >= 4 is 166 Å². The van der Waals surface area contributed by atoms with E-state index in [0.29, 0.717) is 95.1 Å². The molecule has 2 aliphatic heterocycles. The summed E-state index contributed by atoms with van der Waals surface area (Å²) >= 11 is 15.2. The Kier molecular flexibility index (Phi) is 49.0. The Morgan fingerprint density at radius 1 is 0.529 bits per heavy atom. The van der Waals surface area contributed by atoms with E-state index in [0.717, 1.165) is 35.0 Å². The fourth-order valence-electron chi connectivity index (χ4n) is 13.3. The van der Waals surface area contributed by atoms with E-state index >= 15 is 0 Å². The molecule has 2 amide bonds. The Bertz CT molecular complexity index is 5710. The van der Waals surface area contributed by atoms with Gasteiger partial charge in [-0.25, -0.2) is 43.2 Å². The van der Waals surface area contributed by atoms with Gasteiger partial charge in [0, 0.05) is 127 Å². The number of nitrogens with zero attached hydrogens (tertiary/aromatic N) is 12. The summed E-state index contributed by atoms with van der Waals surface area (Å²) in [6.07, 6.45) is 21.1. The van der Waals surface area contributed by atoms with Crippen LogP contribution in [0.25, 0.3) is 35.2 Å². The van der Waals surface area contributed by atoms with Gasteiger partial charge >= 0.3 is 72.7 Å². The van der Waals surface area contributed by atoms with E-state index < -0.39 is 56.6 Å². The number of carbonyl (C=O) groups is 10. The number of amides is 2. The second-order valence-corrected chi connectivity index (χ2v) is 35.2. The summed E-state index contributed by atoms with van der Waals surface area (Å²) in [5, 5.41) is 22.1. The first kappa shape index (κ1) is 123. The first-order valence-electron chi connectivity index (χ1n) is 44.0. The van der Waals surface area contributed by atoms with Gasteiger partial charge in [-0.05, 0) is 162 Å². The fourth-order valence-corrected chi connectivity index (χ4v) is 13.7. The molecule has 0 aliphatic carbocycles. The van der Waals surface area contributed by atoms with E-state index in [1.54, 1.807) is 180 Å². The van der Waals surface area contributed by atoms with Gasteiger partial charge in [-0.3, -0.25) is 39.8 Å². The van der Waals surface area contributed by atoms with Gasteiger partial charge in [0.15, 0.2) is 10.7 Å². The number of carbonyl (C=O) groups excluding carboxylic acids is 10. The molecule has 2 aliphatic rings. The van der Waals surface area contributed by atoms with Crippen LogP contribution in [-0.4, -0.2) is 207 Å². The number of nitro groups is 2. The molecule has 0 unspecified atom stereocenters. The topological polar surface area (TPSA) is 448 Å². The first-order chi connectivity index (χ1) is 65.3. The minimum Gasteiger partial charge on any atom is -0.464 e. The minimum absolute atomic E-state index is 0.00906. The molecule has 0 saturated carbocycles. The second-order valence-electron chi connectivity index (χ2n) is 34.0. The van der Waals surface area contributed by atoms with Crippen molar-refractivity contribution in [3.05, 3.63) is 212 Å². The molecule has 1 fully saturated rings. The van der Waals surface area contributed by atoms with Crippen LogP contribution in [0, 0.1) is 20.2 Å². The maximum absolute atomic E-state index is 12.5. The third-order valence-corrected chi connectivity index (χ3v) is 20.0. The monoisotopic (exact) mass is 2010 g/mol. The van der Waals surface area contributed by atoms with E-state index in [1.165, 1.54) is 52.7 Å². The molecule has 768 valence electrons. The van der Waals surface area contributed by atoms with Crippen LogP contribution in [0.1, 0.15) is 245 Å². The van der Waals surface area contributed by atoms with Crippen molar-refractivity contribution in [1.82, 2.24) is 37.0 Å². The third-order valence-electron chi connectivity index (χ3n) is 19.6. The molecule has 0 radical (unpaired) electrons. The molecule has 0 spiro atoms. The number of halogens is 3. The van der Waals surface area contributed by atoms with Gasteiger partial charge in [0.2, 0.25) is 0 Å². The predicted octanol–water partition coefficient (Wildman–Crippen LogP) is 18.9. The summed E-state index contributed by atoms with van der Waals surface area (Å²) in [6.45, 7) is 59.2. The number of esters is 8. The summed E-state index contributed by atoms with van der Waals surface area (Å²) in [4.78, 5) is 146. The number of aromatic nitrogens is 8. The number of rotatable bonds is 25. The van der Waals surface area contributed by atoms with Crippen LogP contribution in [0.2, 0.25) is 5.02 Å². The lowest BCUT2D eigenvalue weighted by Crippen LogP contribution is -2.41. The summed E-state index contributed by atoms with van der Waals surface area (Å²) in [5.74, 6) is -1.88. The van der Waals surface area contributed by atoms with E-state index in [-0.39, 0.29) is 113 Å². The van der Waals surface area contributed by atoms with Gasteiger partial charge in [-0.15, -0.1) is 36.4 Å². The SMILES string of the molecule is C=CB1OC(C)(C)C(C)(C)O1.C=CCN(C(=O)OC(C)(C)C)c1cn(C)c(C(=O)OC)c1C=C.C=Cc1c(CC(=O)OC(C)(C)C)cn(C)c1C(=O)OCC.C=Cc1c(N)cn(C)c1C(=O)OCC.C=Cc1c([N+](=O)[O-])cn(C)c1C(=O)OCC.CCOC(=O)c1c(Cl)c([N+](=O)[O-])cn1C.CCOC(=O)c1c2c(cn1C)N(C(=O)OC(C)(C)C)CCC2.CCOC(=O)c1c2cccnc2cn1C.ClCCl. The van der Waals surface area contributed by atoms with Crippen molar-refractivity contribution in [2.45, 2.75) is 179 Å². The third kappa shape index (κ3) is 34.6. The predicted molar refractivity (Wildman–Crippen MR) is 541 cm³/mol. The number of aryl methyl sites for hydroxylation is 7. The Morgan fingerprint density at radius 3 is 1.34 bits per heavy atom. The fraction of sp³-hybridized carbons (Fsp3) is 0.454. The van der Waals surface area contributed by atoms with E-state index in [1.807, 2.05) is 94.6 Å². The number of ether oxygens (including phenoxy) is 10. The molecular weight excluding hydrogens is 1880 g/mol. The summed E-state index contributed by atoms with van der Waals surface area (Å²) in [7, 11) is 12.9. The number of anilines is 3. The zero-order valence-corrected chi connectivity index (χ0v) is 87.5. The van der Waals surface area contributed by atoms with Crippen LogP contribution < -0.4 is 15.5 Å². The van der Waals surface area contributed by atoms with Crippen molar-refractivity contribution in [2.24, 2.45) is 49.3 Å². The lowest BCUT2D eigenvalue weighted by atomic mass is 9.90. The van der Waals surface area contributed by atoms with E-state index in [4.69, 9.17) is 97.2 Å². The highest BCUT2D eigenvalue weighted by atomic mass is 35.5. The molecule has 10 heterocycles. The van der Waals surface area contributed by atoms with Crippen LogP contribution >= 0.6 is 34.8 Å². The summed E-state index contributed by atoms with van der Waals surface area (Å²) < 4.78 is 72.7. The van der Waals surface area contributed by atoms with Crippen LogP contribution in [-0.2, 0) is 124 Å². The van der Waals surface area contributed by atoms with Crippen LogP contribution in [0.15, 0.2) is 113 Å². The van der Waals surface area contributed by atoms with Crippen molar-refractivity contribution in [3.63, 3.8) is 0 Å². The lowest BCUT2D eigenvalue weighted by Gasteiger charge is -2.32. The Balaban J connectivity index is 0.000000543. The highest BCUT2D eigenvalue weighted by Gasteiger charge is 2.50. The Hall–Kier alpha value is -13.4. The number of nitrogen functional groups attached to an aromatic ring is 1. The maximum Gasteiger partial charge on any atom is 0.486 e. The molecule has 0 bridgehead atoms. The highest BCUT2D eigenvalue weighted by molar-refractivity contribution is 6.51. The molecule has 8 aromatic rings. The van der Waals surface area contributed by atoms with Gasteiger partial charge in [-0.1, -0.05) is 74.3 Å². The maximum atomic E-state index is 12.5. The largest absolute Gasteiger partial charge is 0.486 e.